The van der Waals surface area contributed by atoms with Crippen molar-refractivity contribution < 1.29 is 14.7 Å². The normalized spacial score (nSPS) is 25.3. The van der Waals surface area contributed by atoms with Gasteiger partial charge >= 0.3 is 6.03 Å². The van der Waals surface area contributed by atoms with E-state index in [1.807, 2.05) is 15.7 Å². The Bertz CT molecular complexity index is 689. The molecule has 0 radical (unpaired) electrons. The van der Waals surface area contributed by atoms with Gasteiger partial charge in [-0.15, -0.1) is 0 Å². The number of piperidine rings is 2. The summed E-state index contributed by atoms with van der Waals surface area (Å²) in [5.41, 5.74) is -0.764. The van der Waals surface area contributed by atoms with E-state index in [0.29, 0.717) is 52.0 Å². The highest BCUT2D eigenvalue weighted by atomic mass is 16.3. The summed E-state index contributed by atoms with van der Waals surface area (Å²) in [6, 6.07) is -0.0345. The largest absolute Gasteiger partial charge is 0.389 e. The van der Waals surface area contributed by atoms with Gasteiger partial charge in [0.25, 0.3) is 0 Å². The first kappa shape index (κ1) is 19.7. The van der Waals surface area contributed by atoms with Crippen LogP contribution in [0.5, 0.6) is 0 Å². The lowest BCUT2D eigenvalue weighted by atomic mass is 9.75. The van der Waals surface area contributed by atoms with Crippen molar-refractivity contribution in [2.45, 2.75) is 44.8 Å². The van der Waals surface area contributed by atoms with Crippen LogP contribution in [0, 0.1) is 5.92 Å². The van der Waals surface area contributed by atoms with Crippen LogP contribution in [-0.4, -0.2) is 87.2 Å². The smallest absolute Gasteiger partial charge is 0.319 e. The molecule has 0 unspecified atom stereocenters. The third-order valence-electron chi connectivity index (χ3n) is 5.96. The van der Waals surface area contributed by atoms with Crippen LogP contribution >= 0.6 is 0 Å². The van der Waals surface area contributed by atoms with Gasteiger partial charge in [0.2, 0.25) is 5.91 Å². The summed E-state index contributed by atoms with van der Waals surface area (Å²) in [4.78, 5) is 34.5. The number of urea groups is 1. The number of aliphatic hydroxyl groups is 1. The lowest BCUT2D eigenvalue weighted by molar-refractivity contribution is -0.145. The number of aromatic nitrogens is 2. The number of hydrogen-bond acceptors (Lipinski definition) is 4. The molecular weight excluding hydrogens is 346 g/mol. The number of fused-ring (bicyclic) bond motifs is 1. The molecule has 2 aliphatic heterocycles. The SMILES string of the molecule is CCc1nccn1CCC(=O)N1CC[C@]2(O)CCN(C(=O)N(C)C)C[C@@H]2C1. The summed E-state index contributed by atoms with van der Waals surface area (Å²) >= 11 is 0. The van der Waals surface area contributed by atoms with Gasteiger partial charge in [0.1, 0.15) is 5.82 Å². The molecule has 2 fully saturated rings. The van der Waals surface area contributed by atoms with Gasteiger partial charge in [-0.05, 0) is 12.8 Å². The number of nitrogens with zero attached hydrogens (tertiary/aromatic N) is 5. The number of likely N-dealkylation sites (tertiary alicyclic amines) is 2. The predicted molar refractivity (Wildman–Crippen MR) is 101 cm³/mol. The van der Waals surface area contributed by atoms with Crippen LogP contribution < -0.4 is 0 Å². The molecule has 1 aromatic heterocycles. The van der Waals surface area contributed by atoms with Gasteiger partial charge in [0.15, 0.2) is 0 Å². The Hall–Kier alpha value is -2.09. The third kappa shape index (κ3) is 4.10. The molecule has 0 aliphatic carbocycles. The Morgan fingerprint density at radius 1 is 1.26 bits per heavy atom. The molecule has 2 aliphatic rings. The first-order valence-corrected chi connectivity index (χ1v) is 9.80. The Morgan fingerprint density at radius 3 is 2.59 bits per heavy atom. The lowest BCUT2D eigenvalue weighted by Gasteiger charge is -2.50. The minimum absolute atomic E-state index is 0.0345. The van der Waals surface area contributed by atoms with Crippen LogP contribution in [-0.2, 0) is 17.8 Å². The second kappa shape index (κ2) is 7.88. The highest BCUT2D eigenvalue weighted by Crippen LogP contribution is 2.35. The van der Waals surface area contributed by atoms with E-state index in [1.54, 1.807) is 30.1 Å². The lowest BCUT2D eigenvalue weighted by Crippen LogP contribution is -2.62. The molecule has 3 rings (SSSR count). The van der Waals surface area contributed by atoms with Gasteiger partial charge in [-0.2, -0.15) is 0 Å². The maximum atomic E-state index is 12.7. The Labute approximate surface area is 160 Å². The quantitative estimate of drug-likeness (QED) is 0.842. The number of amides is 3. The Balaban J connectivity index is 1.59. The van der Waals surface area contributed by atoms with E-state index in [4.69, 9.17) is 0 Å². The molecule has 1 aromatic rings. The molecule has 3 heterocycles. The summed E-state index contributed by atoms with van der Waals surface area (Å²) < 4.78 is 2.02. The van der Waals surface area contributed by atoms with Gasteiger partial charge in [-0.25, -0.2) is 9.78 Å². The van der Waals surface area contributed by atoms with E-state index >= 15 is 0 Å². The van der Waals surface area contributed by atoms with Crippen molar-refractivity contribution in [3.05, 3.63) is 18.2 Å². The molecular formula is C19H31N5O3. The van der Waals surface area contributed by atoms with Crippen LogP contribution in [0.3, 0.4) is 0 Å². The Kier molecular flexibility index (Phi) is 5.74. The molecule has 2 saturated heterocycles. The molecule has 27 heavy (non-hydrogen) atoms. The summed E-state index contributed by atoms with van der Waals surface area (Å²) in [6.07, 6.45) is 6.10. The molecule has 1 N–H and O–H groups in total. The van der Waals surface area contributed by atoms with Crippen molar-refractivity contribution in [2.24, 2.45) is 5.92 Å². The van der Waals surface area contributed by atoms with E-state index in [1.165, 1.54) is 0 Å². The van der Waals surface area contributed by atoms with E-state index in [2.05, 4.69) is 11.9 Å². The topological polar surface area (TPSA) is 81.9 Å². The van der Waals surface area contributed by atoms with E-state index in [9.17, 15) is 14.7 Å². The second-order valence-corrected chi connectivity index (χ2v) is 7.90. The molecule has 8 heteroatoms. The maximum Gasteiger partial charge on any atom is 0.319 e. The zero-order valence-electron chi connectivity index (χ0n) is 16.6. The minimum Gasteiger partial charge on any atom is -0.389 e. The molecule has 150 valence electrons. The Morgan fingerprint density at radius 2 is 1.93 bits per heavy atom. The fourth-order valence-electron chi connectivity index (χ4n) is 4.22. The molecule has 0 aromatic carbocycles. The van der Waals surface area contributed by atoms with Crippen molar-refractivity contribution in [1.82, 2.24) is 24.3 Å². The number of aryl methyl sites for hydroxylation is 2. The van der Waals surface area contributed by atoms with Gasteiger partial charge in [0.05, 0.1) is 5.60 Å². The van der Waals surface area contributed by atoms with E-state index < -0.39 is 5.60 Å². The highest BCUT2D eigenvalue weighted by Gasteiger charge is 2.46. The fourth-order valence-corrected chi connectivity index (χ4v) is 4.22. The standard InChI is InChI=1S/C19H31N5O3/c1-4-16-20-8-12-22(16)9-5-17(25)23-10-6-19(27)7-11-24(14-15(19)13-23)18(26)21(2)3/h8,12,15,27H,4-7,9-11,13-14H2,1-3H3/t15-,19-/m0/s1. The first-order valence-electron chi connectivity index (χ1n) is 9.80. The van der Waals surface area contributed by atoms with Gasteiger partial charge in [-0.3, -0.25) is 4.79 Å². The molecule has 0 bridgehead atoms. The predicted octanol–water partition coefficient (Wildman–Crippen LogP) is 0.803. The fraction of sp³-hybridized carbons (Fsp3) is 0.737. The van der Waals surface area contributed by atoms with Crippen molar-refractivity contribution in [3.8, 4) is 0 Å². The molecule has 0 spiro atoms. The molecule has 0 saturated carbocycles. The average molecular weight is 377 g/mol. The number of hydrogen-bond donors (Lipinski definition) is 1. The van der Waals surface area contributed by atoms with Crippen molar-refractivity contribution in [3.63, 3.8) is 0 Å². The number of imidazole rings is 1. The van der Waals surface area contributed by atoms with Gasteiger partial charge in [0, 0.05) is 78.0 Å². The minimum atomic E-state index is -0.764. The molecule has 3 amide bonds. The summed E-state index contributed by atoms with van der Waals surface area (Å²) in [5, 5.41) is 11.0. The van der Waals surface area contributed by atoms with E-state index in [-0.39, 0.29) is 17.9 Å². The van der Waals surface area contributed by atoms with Gasteiger partial charge < -0.3 is 24.4 Å². The molecule has 8 nitrogen and oxygen atoms in total. The average Bonchev–Trinajstić information content (AvgIpc) is 3.12. The second-order valence-electron chi connectivity index (χ2n) is 7.90. The van der Waals surface area contributed by atoms with Crippen LogP contribution in [0.4, 0.5) is 4.79 Å². The summed E-state index contributed by atoms with van der Waals surface area (Å²) in [6.45, 7) is 4.83. The van der Waals surface area contributed by atoms with E-state index in [0.717, 1.165) is 12.2 Å². The van der Waals surface area contributed by atoms with Crippen LogP contribution in [0.1, 0.15) is 32.0 Å². The van der Waals surface area contributed by atoms with Crippen LogP contribution in [0.2, 0.25) is 0 Å². The number of carbonyl (C=O) groups is 2. The van der Waals surface area contributed by atoms with Gasteiger partial charge in [-0.1, -0.05) is 6.92 Å². The number of carbonyl (C=O) groups excluding carboxylic acids is 2. The van der Waals surface area contributed by atoms with Crippen LogP contribution in [0.25, 0.3) is 0 Å². The number of rotatable bonds is 4. The maximum absolute atomic E-state index is 12.7. The first-order chi connectivity index (χ1) is 12.8. The summed E-state index contributed by atoms with van der Waals surface area (Å²) in [5.74, 6) is 0.997. The van der Waals surface area contributed by atoms with Crippen molar-refractivity contribution >= 4 is 11.9 Å². The zero-order chi connectivity index (χ0) is 19.6. The van der Waals surface area contributed by atoms with Crippen molar-refractivity contribution in [1.29, 1.82) is 0 Å². The monoisotopic (exact) mass is 377 g/mol. The van der Waals surface area contributed by atoms with Crippen LogP contribution in [0.15, 0.2) is 12.4 Å². The molecule has 2 atom stereocenters. The third-order valence-corrected chi connectivity index (χ3v) is 5.96. The zero-order valence-corrected chi connectivity index (χ0v) is 16.6. The summed E-state index contributed by atoms with van der Waals surface area (Å²) in [7, 11) is 3.47. The van der Waals surface area contributed by atoms with Crippen molar-refractivity contribution in [2.75, 3.05) is 40.3 Å². The highest BCUT2D eigenvalue weighted by molar-refractivity contribution is 5.76.